The second-order valence-electron chi connectivity index (χ2n) is 6.61. The first-order valence-corrected chi connectivity index (χ1v) is 9.43. The van der Waals surface area contributed by atoms with E-state index in [4.69, 9.17) is 9.47 Å². The summed E-state index contributed by atoms with van der Waals surface area (Å²) in [6.45, 7) is 6.34. The third-order valence-electron chi connectivity index (χ3n) is 4.78. The van der Waals surface area contributed by atoms with Gasteiger partial charge < -0.3 is 19.7 Å². The summed E-state index contributed by atoms with van der Waals surface area (Å²) in [5.41, 5.74) is 3.20. The zero-order valence-corrected chi connectivity index (χ0v) is 16.5. The van der Waals surface area contributed by atoms with Gasteiger partial charge in [0.2, 0.25) is 5.91 Å². The molecule has 0 saturated heterocycles. The lowest BCUT2D eigenvalue weighted by Gasteiger charge is -2.32. The fraction of sp³-hybridized carbons (Fsp3) is 0.500. The van der Waals surface area contributed by atoms with Crippen molar-refractivity contribution in [2.45, 2.75) is 32.9 Å². The van der Waals surface area contributed by atoms with Gasteiger partial charge in [-0.1, -0.05) is 0 Å². The van der Waals surface area contributed by atoms with Crippen LogP contribution in [-0.2, 0) is 24.8 Å². The van der Waals surface area contributed by atoms with E-state index in [1.54, 1.807) is 17.9 Å². The van der Waals surface area contributed by atoms with Crippen LogP contribution in [0.25, 0.3) is 0 Å². The average Bonchev–Trinajstić information content (AvgIpc) is 3.08. The highest BCUT2D eigenvalue weighted by Crippen LogP contribution is 2.34. The summed E-state index contributed by atoms with van der Waals surface area (Å²) < 4.78 is 13.2. The lowest BCUT2D eigenvalue weighted by molar-refractivity contribution is -0.134. The molecule has 1 aliphatic rings. The van der Waals surface area contributed by atoms with Crippen LogP contribution in [0.3, 0.4) is 0 Å². The molecule has 1 atom stereocenters. The Bertz CT molecular complexity index is 803. The lowest BCUT2D eigenvalue weighted by atomic mass is 9.97. The minimum atomic E-state index is -0.394. The smallest absolute Gasteiger partial charge is 0.244 e. The van der Waals surface area contributed by atoms with E-state index in [1.165, 1.54) is 5.56 Å². The van der Waals surface area contributed by atoms with E-state index in [1.807, 2.05) is 38.1 Å². The average molecular weight is 372 g/mol. The van der Waals surface area contributed by atoms with Crippen LogP contribution in [0.15, 0.2) is 24.5 Å². The topological polar surface area (TPSA) is 68.6 Å². The third-order valence-corrected chi connectivity index (χ3v) is 4.78. The van der Waals surface area contributed by atoms with E-state index >= 15 is 0 Å². The number of aryl methyl sites for hydroxylation is 1. The van der Waals surface area contributed by atoms with Crippen LogP contribution in [0.1, 0.15) is 36.6 Å². The maximum absolute atomic E-state index is 13.1. The number of rotatable bonds is 7. The Kier molecular flexibility index (Phi) is 6.01. The number of fused-ring (bicyclic) bond motifs is 1. The maximum Gasteiger partial charge on any atom is 0.244 e. The number of aromatic nitrogens is 2. The quantitative estimate of drug-likeness (QED) is 0.806. The van der Waals surface area contributed by atoms with Gasteiger partial charge >= 0.3 is 0 Å². The Balaban J connectivity index is 1.82. The largest absolute Gasteiger partial charge is 0.490 e. The van der Waals surface area contributed by atoms with Gasteiger partial charge in [-0.2, -0.15) is 5.10 Å². The maximum atomic E-state index is 13.1. The van der Waals surface area contributed by atoms with Crippen LogP contribution >= 0.6 is 0 Å². The number of hydrogen-bond donors (Lipinski definition) is 1. The van der Waals surface area contributed by atoms with Crippen molar-refractivity contribution in [3.8, 4) is 11.5 Å². The zero-order valence-electron chi connectivity index (χ0n) is 16.5. The van der Waals surface area contributed by atoms with E-state index in [9.17, 15) is 4.79 Å². The first-order chi connectivity index (χ1) is 13.1. The van der Waals surface area contributed by atoms with Gasteiger partial charge in [0.25, 0.3) is 0 Å². The standard InChI is InChI=1S/C20H28N4O3/c1-5-26-17-9-14-7-8-24(13-15(14)10-18(17)27-6-2)20(25)19(21-3)16-11-22-23(4)12-16/h9-12,19,21H,5-8,13H2,1-4H3. The predicted octanol–water partition coefficient (Wildman–Crippen LogP) is 2.06. The highest BCUT2D eigenvalue weighted by molar-refractivity contribution is 5.83. The molecule has 0 bridgehead atoms. The number of carbonyl (C=O) groups is 1. The van der Waals surface area contributed by atoms with Crippen molar-refractivity contribution >= 4 is 5.91 Å². The molecule has 0 fully saturated rings. The second-order valence-corrected chi connectivity index (χ2v) is 6.61. The number of ether oxygens (including phenoxy) is 2. The van der Waals surface area contributed by atoms with E-state index in [0.717, 1.165) is 29.0 Å². The predicted molar refractivity (Wildman–Crippen MR) is 103 cm³/mol. The molecule has 1 aromatic carbocycles. The first-order valence-electron chi connectivity index (χ1n) is 9.43. The van der Waals surface area contributed by atoms with Crippen molar-refractivity contribution in [2.24, 2.45) is 7.05 Å². The molecule has 1 N–H and O–H groups in total. The summed E-state index contributed by atoms with van der Waals surface area (Å²) >= 11 is 0. The van der Waals surface area contributed by atoms with E-state index in [-0.39, 0.29) is 5.91 Å². The molecule has 2 aromatic rings. The van der Waals surface area contributed by atoms with E-state index in [0.29, 0.717) is 26.3 Å². The Morgan fingerprint density at radius 3 is 2.44 bits per heavy atom. The summed E-state index contributed by atoms with van der Waals surface area (Å²) in [6, 6.07) is 3.68. The molecule has 7 heteroatoms. The zero-order chi connectivity index (χ0) is 19.4. The molecule has 1 amide bonds. The Labute approximate surface area is 160 Å². The lowest BCUT2D eigenvalue weighted by Crippen LogP contribution is -2.42. The second kappa shape index (κ2) is 8.43. The van der Waals surface area contributed by atoms with Crippen LogP contribution in [-0.4, -0.2) is 47.4 Å². The van der Waals surface area contributed by atoms with Crippen molar-refractivity contribution < 1.29 is 14.3 Å². The van der Waals surface area contributed by atoms with Crippen molar-refractivity contribution in [3.63, 3.8) is 0 Å². The van der Waals surface area contributed by atoms with Crippen LogP contribution in [0.2, 0.25) is 0 Å². The molecule has 0 saturated carbocycles. The SMILES string of the molecule is CCOc1cc2c(cc1OCC)CN(C(=O)C(NC)c1cnn(C)c1)CC2. The first kappa shape index (κ1) is 19.2. The number of carbonyl (C=O) groups excluding carboxylic acids is 1. The van der Waals surface area contributed by atoms with Gasteiger partial charge in [0.1, 0.15) is 6.04 Å². The van der Waals surface area contributed by atoms with Crippen molar-refractivity contribution in [3.05, 3.63) is 41.2 Å². The number of benzene rings is 1. The number of amides is 1. The van der Waals surface area contributed by atoms with E-state index in [2.05, 4.69) is 16.5 Å². The Hall–Kier alpha value is -2.54. The van der Waals surface area contributed by atoms with Gasteiger partial charge in [-0.15, -0.1) is 0 Å². The number of hydrogen-bond acceptors (Lipinski definition) is 5. The number of likely N-dealkylation sites (N-methyl/N-ethyl adjacent to an activating group) is 1. The Morgan fingerprint density at radius 2 is 1.89 bits per heavy atom. The molecule has 146 valence electrons. The summed E-state index contributed by atoms with van der Waals surface area (Å²) in [7, 11) is 3.65. The number of nitrogens with one attached hydrogen (secondary N) is 1. The minimum Gasteiger partial charge on any atom is -0.490 e. The molecule has 7 nitrogen and oxygen atoms in total. The summed E-state index contributed by atoms with van der Waals surface area (Å²) in [5, 5.41) is 7.30. The van der Waals surface area contributed by atoms with Gasteiger partial charge in [0.15, 0.2) is 11.5 Å². The molecule has 0 spiro atoms. The van der Waals surface area contributed by atoms with Gasteiger partial charge in [0, 0.05) is 31.9 Å². The molecule has 3 rings (SSSR count). The van der Waals surface area contributed by atoms with Crippen LogP contribution in [0.5, 0.6) is 11.5 Å². The molecule has 0 radical (unpaired) electrons. The van der Waals surface area contributed by atoms with E-state index < -0.39 is 6.04 Å². The van der Waals surface area contributed by atoms with Crippen molar-refractivity contribution in [2.75, 3.05) is 26.8 Å². The highest BCUT2D eigenvalue weighted by atomic mass is 16.5. The molecule has 1 unspecified atom stereocenters. The molecule has 0 aliphatic carbocycles. The number of nitrogens with zero attached hydrogens (tertiary/aromatic N) is 3. The molecular formula is C20H28N4O3. The minimum absolute atomic E-state index is 0.0583. The molecule has 2 heterocycles. The summed E-state index contributed by atoms with van der Waals surface area (Å²) in [5.74, 6) is 1.58. The summed E-state index contributed by atoms with van der Waals surface area (Å²) in [6.07, 6.45) is 4.41. The van der Waals surface area contributed by atoms with Crippen molar-refractivity contribution in [1.29, 1.82) is 0 Å². The molecule has 27 heavy (non-hydrogen) atoms. The molecule has 1 aromatic heterocycles. The fourth-order valence-electron chi connectivity index (χ4n) is 3.49. The van der Waals surface area contributed by atoms with Crippen LogP contribution in [0.4, 0.5) is 0 Å². The Morgan fingerprint density at radius 1 is 1.22 bits per heavy atom. The third kappa shape index (κ3) is 4.08. The normalized spacial score (nSPS) is 14.6. The summed E-state index contributed by atoms with van der Waals surface area (Å²) in [4.78, 5) is 15.0. The van der Waals surface area contributed by atoms with Gasteiger partial charge in [-0.3, -0.25) is 9.48 Å². The monoisotopic (exact) mass is 372 g/mol. The van der Waals surface area contributed by atoms with Crippen LogP contribution < -0.4 is 14.8 Å². The highest BCUT2D eigenvalue weighted by Gasteiger charge is 2.29. The van der Waals surface area contributed by atoms with Crippen LogP contribution in [0, 0.1) is 0 Å². The molecule has 1 aliphatic heterocycles. The van der Waals surface area contributed by atoms with Crippen molar-refractivity contribution in [1.82, 2.24) is 20.0 Å². The molecular weight excluding hydrogens is 344 g/mol. The van der Waals surface area contributed by atoms with Gasteiger partial charge in [-0.05, 0) is 50.6 Å². The fourth-order valence-corrected chi connectivity index (χ4v) is 3.49. The van der Waals surface area contributed by atoms with Gasteiger partial charge in [-0.25, -0.2) is 0 Å². The van der Waals surface area contributed by atoms with Gasteiger partial charge in [0.05, 0.1) is 19.4 Å².